The highest BCUT2D eigenvalue weighted by Crippen LogP contribution is 2.25. The van der Waals surface area contributed by atoms with Crippen LogP contribution in [0.2, 0.25) is 0 Å². The number of aromatic nitrogens is 1. The van der Waals surface area contributed by atoms with Crippen molar-refractivity contribution in [1.82, 2.24) is 9.88 Å². The number of hydrogen-bond donors (Lipinski definition) is 1. The van der Waals surface area contributed by atoms with Crippen molar-refractivity contribution in [3.8, 4) is 0 Å². The van der Waals surface area contributed by atoms with Crippen LogP contribution in [-0.2, 0) is 6.54 Å². The lowest BCUT2D eigenvalue weighted by Crippen LogP contribution is -2.30. The van der Waals surface area contributed by atoms with E-state index in [4.69, 9.17) is 0 Å². The normalized spacial score (nSPS) is 10.6. The average Bonchev–Trinajstić information content (AvgIpc) is 2.91. The van der Waals surface area contributed by atoms with Crippen molar-refractivity contribution in [1.29, 1.82) is 0 Å². The number of amides is 2. The van der Waals surface area contributed by atoms with Crippen molar-refractivity contribution in [2.45, 2.75) is 13.5 Å². The highest BCUT2D eigenvalue weighted by atomic mass is 32.1. The van der Waals surface area contributed by atoms with Crippen LogP contribution in [0.5, 0.6) is 0 Å². The first kappa shape index (κ1) is 14.5. The molecule has 3 rings (SSSR count). The number of para-hydroxylation sites is 1. The number of anilines is 1. The van der Waals surface area contributed by atoms with Crippen molar-refractivity contribution in [2.75, 3.05) is 12.4 Å². The van der Waals surface area contributed by atoms with E-state index in [1.165, 1.54) is 16.9 Å². The Balaban J connectivity index is 1.66. The monoisotopic (exact) mass is 311 g/mol. The Morgan fingerprint density at radius 2 is 1.91 bits per heavy atom. The number of nitrogens with one attached hydrogen (secondary N) is 1. The van der Waals surface area contributed by atoms with Crippen molar-refractivity contribution >= 4 is 32.7 Å². The maximum Gasteiger partial charge on any atom is 0.323 e. The van der Waals surface area contributed by atoms with Crippen LogP contribution >= 0.6 is 11.3 Å². The van der Waals surface area contributed by atoms with Gasteiger partial charge in [-0.15, -0.1) is 0 Å². The van der Waals surface area contributed by atoms with E-state index in [0.29, 0.717) is 11.7 Å². The van der Waals surface area contributed by atoms with Gasteiger partial charge in [0.1, 0.15) is 0 Å². The Kier molecular flexibility index (Phi) is 4.06. The zero-order chi connectivity index (χ0) is 15.5. The molecule has 0 bridgehead atoms. The van der Waals surface area contributed by atoms with E-state index in [1.807, 2.05) is 43.3 Å². The smallest absolute Gasteiger partial charge is 0.323 e. The highest BCUT2D eigenvalue weighted by Gasteiger charge is 2.12. The van der Waals surface area contributed by atoms with Gasteiger partial charge >= 0.3 is 6.03 Å². The lowest BCUT2D eigenvalue weighted by atomic mass is 10.1. The van der Waals surface area contributed by atoms with Crippen molar-refractivity contribution in [3.05, 3.63) is 59.7 Å². The summed E-state index contributed by atoms with van der Waals surface area (Å²) < 4.78 is 1.07. The second-order valence-corrected chi connectivity index (χ2v) is 6.29. The van der Waals surface area contributed by atoms with Crippen LogP contribution in [0.25, 0.3) is 10.2 Å². The number of urea groups is 1. The van der Waals surface area contributed by atoms with E-state index in [1.54, 1.807) is 11.9 Å². The SMILES string of the molecule is Cc1ccc(CN(C)C(=O)Nc2nc3ccccc3s2)cc1. The molecule has 1 aromatic heterocycles. The minimum Gasteiger partial charge on any atom is -0.323 e. The Morgan fingerprint density at radius 3 is 2.64 bits per heavy atom. The van der Waals surface area contributed by atoms with Gasteiger partial charge in [0, 0.05) is 13.6 Å². The van der Waals surface area contributed by atoms with Crippen molar-refractivity contribution in [2.24, 2.45) is 0 Å². The summed E-state index contributed by atoms with van der Waals surface area (Å²) in [6, 6.07) is 15.9. The van der Waals surface area contributed by atoms with E-state index in [2.05, 4.69) is 22.4 Å². The molecule has 0 saturated heterocycles. The van der Waals surface area contributed by atoms with Crippen LogP contribution in [0, 0.1) is 6.92 Å². The summed E-state index contributed by atoms with van der Waals surface area (Å²) in [5, 5.41) is 3.48. The molecule has 0 aliphatic rings. The largest absolute Gasteiger partial charge is 0.323 e. The van der Waals surface area contributed by atoms with E-state index in [9.17, 15) is 4.79 Å². The molecular weight excluding hydrogens is 294 g/mol. The van der Waals surface area contributed by atoms with Crippen LogP contribution in [-0.4, -0.2) is 23.0 Å². The van der Waals surface area contributed by atoms with Crippen molar-refractivity contribution in [3.63, 3.8) is 0 Å². The van der Waals surface area contributed by atoms with Gasteiger partial charge in [-0.2, -0.15) is 0 Å². The van der Waals surface area contributed by atoms with Crippen LogP contribution < -0.4 is 5.32 Å². The van der Waals surface area contributed by atoms with E-state index in [0.717, 1.165) is 15.8 Å². The van der Waals surface area contributed by atoms with Crippen LogP contribution in [0.15, 0.2) is 48.5 Å². The lowest BCUT2D eigenvalue weighted by Gasteiger charge is -2.17. The number of hydrogen-bond acceptors (Lipinski definition) is 3. The molecule has 0 aliphatic carbocycles. The van der Waals surface area contributed by atoms with Crippen LogP contribution in [0.1, 0.15) is 11.1 Å². The zero-order valence-electron chi connectivity index (χ0n) is 12.5. The first-order valence-electron chi connectivity index (χ1n) is 7.05. The van der Waals surface area contributed by atoms with Gasteiger partial charge in [-0.3, -0.25) is 5.32 Å². The van der Waals surface area contributed by atoms with Crippen LogP contribution in [0.3, 0.4) is 0 Å². The summed E-state index contributed by atoms with van der Waals surface area (Å²) in [6.07, 6.45) is 0. The van der Waals surface area contributed by atoms with Crippen LogP contribution in [0.4, 0.5) is 9.93 Å². The molecule has 0 saturated carbocycles. The Labute approximate surface area is 133 Å². The molecule has 0 radical (unpaired) electrons. The van der Waals surface area contributed by atoms with E-state index < -0.39 is 0 Å². The maximum atomic E-state index is 12.2. The molecule has 112 valence electrons. The van der Waals surface area contributed by atoms with Gasteiger partial charge in [-0.25, -0.2) is 9.78 Å². The summed E-state index contributed by atoms with van der Waals surface area (Å²) in [6.45, 7) is 2.62. The topological polar surface area (TPSA) is 45.2 Å². The number of carbonyl (C=O) groups excluding carboxylic acids is 1. The molecule has 1 N–H and O–H groups in total. The second-order valence-electron chi connectivity index (χ2n) is 5.26. The fourth-order valence-corrected chi connectivity index (χ4v) is 3.01. The molecule has 0 unspecified atom stereocenters. The minimum absolute atomic E-state index is 0.153. The molecular formula is C17H17N3OS. The summed E-state index contributed by atoms with van der Waals surface area (Å²) >= 11 is 1.48. The highest BCUT2D eigenvalue weighted by molar-refractivity contribution is 7.22. The molecule has 0 atom stereocenters. The second kappa shape index (κ2) is 6.15. The number of rotatable bonds is 3. The Morgan fingerprint density at radius 1 is 1.18 bits per heavy atom. The Bertz CT molecular complexity index is 762. The summed E-state index contributed by atoms with van der Waals surface area (Å²) in [7, 11) is 1.78. The average molecular weight is 311 g/mol. The third kappa shape index (κ3) is 3.26. The molecule has 5 heteroatoms. The maximum absolute atomic E-state index is 12.2. The third-order valence-electron chi connectivity index (χ3n) is 3.39. The number of benzene rings is 2. The molecule has 0 spiro atoms. The number of nitrogens with zero attached hydrogens (tertiary/aromatic N) is 2. The van der Waals surface area contributed by atoms with E-state index in [-0.39, 0.29) is 6.03 Å². The number of fused-ring (bicyclic) bond motifs is 1. The predicted molar refractivity (Wildman–Crippen MR) is 91.3 cm³/mol. The fraction of sp³-hybridized carbons (Fsp3) is 0.176. The number of aryl methyl sites for hydroxylation is 1. The molecule has 4 nitrogen and oxygen atoms in total. The molecule has 3 aromatic rings. The number of carbonyl (C=O) groups is 1. The van der Waals surface area contributed by atoms with Gasteiger partial charge < -0.3 is 4.90 Å². The fourth-order valence-electron chi connectivity index (χ4n) is 2.15. The minimum atomic E-state index is -0.153. The molecule has 0 fully saturated rings. The van der Waals surface area contributed by atoms with E-state index >= 15 is 0 Å². The van der Waals surface area contributed by atoms with Crippen molar-refractivity contribution < 1.29 is 4.79 Å². The van der Waals surface area contributed by atoms with Gasteiger partial charge in [0.15, 0.2) is 5.13 Å². The lowest BCUT2D eigenvalue weighted by molar-refractivity contribution is 0.220. The quantitative estimate of drug-likeness (QED) is 0.785. The molecule has 22 heavy (non-hydrogen) atoms. The summed E-state index contributed by atoms with van der Waals surface area (Å²) in [4.78, 5) is 18.3. The molecule has 0 aliphatic heterocycles. The molecule has 1 heterocycles. The third-order valence-corrected chi connectivity index (χ3v) is 4.35. The first-order valence-corrected chi connectivity index (χ1v) is 7.87. The molecule has 2 aromatic carbocycles. The molecule has 2 amide bonds. The van der Waals surface area contributed by atoms with Gasteiger partial charge in [0.05, 0.1) is 10.2 Å². The summed E-state index contributed by atoms with van der Waals surface area (Å²) in [5.41, 5.74) is 3.22. The first-order chi connectivity index (χ1) is 10.6. The predicted octanol–water partition coefficient (Wildman–Crippen LogP) is 4.27. The van der Waals surface area contributed by atoms with Gasteiger partial charge in [0.2, 0.25) is 0 Å². The zero-order valence-corrected chi connectivity index (χ0v) is 13.4. The van der Waals surface area contributed by atoms with Gasteiger partial charge in [0.25, 0.3) is 0 Å². The number of thiazole rings is 1. The summed E-state index contributed by atoms with van der Waals surface area (Å²) in [5.74, 6) is 0. The standard InChI is InChI=1S/C17H17N3OS/c1-12-7-9-13(10-8-12)11-20(2)17(21)19-16-18-14-5-3-4-6-15(14)22-16/h3-10H,11H2,1-2H3,(H,18,19,21). The van der Waals surface area contributed by atoms with Gasteiger partial charge in [-0.05, 0) is 24.6 Å². The Hall–Kier alpha value is -2.40. The van der Waals surface area contributed by atoms with Gasteiger partial charge in [-0.1, -0.05) is 53.3 Å².